The minimum absolute atomic E-state index is 0.296. The van der Waals surface area contributed by atoms with Crippen LogP contribution in [0.15, 0.2) is 17.1 Å². The lowest BCUT2D eigenvalue weighted by Gasteiger charge is -2.18. The van der Waals surface area contributed by atoms with Crippen LogP contribution in [-0.4, -0.2) is 33.7 Å². The van der Waals surface area contributed by atoms with Crippen LogP contribution in [-0.2, 0) is 10.0 Å². The summed E-state index contributed by atoms with van der Waals surface area (Å²) in [5.74, 6) is 1.02. The van der Waals surface area contributed by atoms with E-state index in [1.807, 2.05) is 19.1 Å². The molecule has 2 rings (SSSR count). The molecule has 6 nitrogen and oxygen atoms in total. The van der Waals surface area contributed by atoms with Gasteiger partial charge in [-0.2, -0.15) is 0 Å². The molecule has 21 heavy (non-hydrogen) atoms. The summed E-state index contributed by atoms with van der Waals surface area (Å²) in [5.41, 5.74) is 3.37. The summed E-state index contributed by atoms with van der Waals surface area (Å²) in [6.07, 6.45) is 1.16. The number of guanidine groups is 1. The van der Waals surface area contributed by atoms with Crippen molar-refractivity contribution in [1.29, 1.82) is 0 Å². The third kappa shape index (κ3) is 4.10. The smallest absolute Gasteiger partial charge is 0.229 e. The first-order valence-corrected chi connectivity index (χ1v) is 8.83. The van der Waals surface area contributed by atoms with E-state index in [1.165, 1.54) is 0 Å². The molecule has 3 N–H and O–H groups in total. The van der Waals surface area contributed by atoms with Crippen molar-refractivity contribution in [2.45, 2.75) is 26.7 Å². The van der Waals surface area contributed by atoms with Gasteiger partial charge in [0, 0.05) is 12.2 Å². The fraction of sp³-hybridized carbons (Fsp3) is 0.500. The molecule has 0 saturated carbocycles. The van der Waals surface area contributed by atoms with Crippen LogP contribution in [0.25, 0.3) is 0 Å². The van der Waals surface area contributed by atoms with Gasteiger partial charge in [0.05, 0.1) is 18.5 Å². The van der Waals surface area contributed by atoms with E-state index in [9.17, 15) is 8.42 Å². The highest BCUT2D eigenvalue weighted by atomic mass is 32.2. The summed E-state index contributed by atoms with van der Waals surface area (Å²) in [6.45, 7) is 7.60. The molecule has 0 fully saturated rings. The Morgan fingerprint density at radius 1 is 1.29 bits per heavy atom. The number of aliphatic imine (C=N–C) groups is 1. The van der Waals surface area contributed by atoms with Gasteiger partial charge in [-0.15, -0.1) is 0 Å². The van der Waals surface area contributed by atoms with E-state index < -0.39 is 10.0 Å². The highest BCUT2D eigenvalue weighted by molar-refractivity contribution is 7.92. The Kier molecular flexibility index (Phi) is 4.41. The predicted molar refractivity (Wildman–Crippen MR) is 87.7 cm³/mol. The maximum Gasteiger partial charge on any atom is 0.229 e. The van der Waals surface area contributed by atoms with Gasteiger partial charge in [-0.3, -0.25) is 9.71 Å². The summed E-state index contributed by atoms with van der Waals surface area (Å²) in [5, 5.41) is 6.38. The van der Waals surface area contributed by atoms with Crippen LogP contribution in [0.5, 0.6) is 0 Å². The monoisotopic (exact) mass is 310 g/mol. The molecule has 0 spiro atoms. The van der Waals surface area contributed by atoms with Crippen LogP contribution in [0.1, 0.15) is 30.9 Å². The second kappa shape index (κ2) is 5.93. The van der Waals surface area contributed by atoms with Gasteiger partial charge in [0.15, 0.2) is 5.96 Å². The highest BCUT2D eigenvalue weighted by Gasteiger charge is 2.14. The Morgan fingerprint density at radius 2 is 1.95 bits per heavy atom. The van der Waals surface area contributed by atoms with Gasteiger partial charge in [-0.25, -0.2) is 8.42 Å². The Balaban J connectivity index is 2.42. The third-order valence-electron chi connectivity index (χ3n) is 3.32. The maximum absolute atomic E-state index is 11.5. The van der Waals surface area contributed by atoms with Gasteiger partial charge in [-0.1, -0.05) is 13.8 Å². The van der Waals surface area contributed by atoms with Crippen molar-refractivity contribution in [3.63, 3.8) is 0 Å². The molecule has 0 aliphatic carbocycles. The number of hydrogen-bond donors (Lipinski definition) is 3. The average molecular weight is 310 g/mol. The van der Waals surface area contributed by atoms with Gasteiger partial charge in [0.2, 0.25) is 10.0 Å². The fourth-order valence-electron chi connectivity index (χ4n) is 2.11. The summed E-state index contributed by atoms with van der Waals surface area (Å²) in [7, 11) is -3.31. The van der Waals surface area contributed by atoms with Crippen LogP contribution in [0.4, 0.5) is 11.4 Å². The van der Waals surface area contributed by atoms with Crippen LogP contribution >= 0.6 is 0 Å². The van der Waals surface area contributed by atoms with Gasteiger partial charge >= 0.3 is 0 Å². The average Bonchev–Trinajstić information content (AvgIpc) is 2.85. The minimum Gasteiger partial charge on any atom is -0.354 e. The Labute approximate surface area is 126 Å². The lowest BCUT2D eigenvalue weighted by atomic mass is 9.99. The number of nitrogens with one attached hydrogen (secondary N) is 3. The fourth-order valence-corrected chi connectivity index (χ4v) is 2.73. The topological polar surface area (TPSA) is 82.6 Å². The second-order valence-electron chi connectivity index (χ2n) is 5.55. The quantitative estimate of drug-likeness (QED) is 0.793. The lowest BCUT2D eigenvalue weighted by Crippen LogP contribution is -2.26. The molecular formula is C14H22N4O2S. The molecule has 1 aliphatic heterocycles. The molecule has 1 aliphatic rings. The van der Waals surface area contributed by atoms with Crippen molar-refractivity contribution in [2.75, 3.05) is 29.4 Å². The first-order valence-electron chi connectivity index (χ1n) is 6.94. The van der Waals surface area contributed by atoms with Crippen LogP contribution in [0, 0.1) is 6.92 Å². The normalized spacial score (nSPS) is 14.8. The Morgan fingerprint density at radius 3 is 2.48 bits per heavy atom. The van der Waals surface area contributed by atoms with Crippen molar-refractivity contribution in [3.05, 3.63) is 23.3 Å². The van der Waals surface area contributed by atoms with E-state index >= 15 is 0 Å². The zero-order chi connectivity index (χ0) is 15.6. The number of sulfonamides is 1. The molecule has 0 saturated heterocycles. The van der Waals surface area contributed by atoms with Gasteiger partial charge in [0.1, 0.15) is 0 Å². The lowest BCUT2D eigenvalue weighted by molar-refractivity contribution is 0.606. The van der Waals surface area contributed by atoms with E-state index in [2.05, 4.69) is 34.2 Å². The molecule has 0 bridgehead atoms. The van der Waals surface area contributed by atoms with Crippen molar-refractivity contribution in [1.82, 2.24) is 5.32 Å². The molecule has 0 radical (unpaired) electrons. The molecule has 116 valence electrons. The van der Waals surface area contributed by atoms with E-state index in [1.54, 1.807) is 0 Å². The maximum atomic E-state index is 11.5. The zero-order valence-electron chi connectivity index (χ0n) is 12.8. The summed E-state index contributed by atoms with van der Waals surface area (Å²) < 4.78 is 25.6. The molecule has 0 aromatic heterocycles. The number of benzene rings is 1. The van der Waals surface area contributed by atoms with E-state index in [-0.39, 0.29) is 0 Å². The first-order chi connectivity index (χ1) is 9.76. The highest BCUT2D eigenvalue weighted by Crippen LogP contribution is 2.30. The first kappa shape index (κ1) is 15.6. The second-order valence-corrected chi connectivity index (χ2v) is 7.30. The van der Waals surface area contributed by atoms with Gasteiger partial charge < -0.3 is 10.6 Å². The summed E-state index contributed by atoms with van der Waals surface area (Å²) >= 11 is 0. The Hall–Kier alpha value is -1.76. The predicted octanol–water partition coefficient (Wildman–Crippen LogP) is 1.86. The number of anilines is 2. The summed E-state index contributed by atoms with van der Waals surface area (Å²) in [4.78, 5) is 4.31. The van der Waals surface area contributed by atoms with Crippen LogP contribution in [0.3, 0.4) is 0 Å². The molecule has 0 amide bonds. The third-order valence-corrected chi connectivity index (χ3v) is 3.91. The van der Waals surface area contributed by atoms with Gasteiger partial charge in [-0.05, 0) is 36.1 Å². The molecular weight excluding hydrogens is 288 g/mol. The summed E-state index contributed by atoms with van der Waals surface area (Å²) in [6, 6.07) is 3.92. The molecule has 0 unspecified atom stereocenters. The molecule has 7 heteroatoms. The number of hydrogen-bond acceptors (Lipinski definition) is 5. The largest absolute Gasteiger partial charge is 0.354 e. The van der Waals surface area contributed by atoms with E-state index in [4.69, 9.17) is 0 Å². The van der Waals surface area contributed by atoms with Gasteiger partial charge in [0.25, 0.3) is 0 Å². The SMILES string of the molecule is Cc1c(NC2=NCCN2)cc(C(C)C)cc1NS(C)(=O)=O. The number of nitrogens with zero attached hydrogens (tertiary/aromatic N) is 1. The van der Waals surface area contributed by atoms with E-state index in [0.717, 1.165) is 42.1 Å². The molecule has 0 atom stereocenters. The van der Waals surface area contributed by atoms with Crippen molar-refractivity contribution >= 4 is 27.4 Å². The Bertz CT molecular complexity index is 666. The van der Waals surface area contributed by atoms with E-state index in [0.29, 0.717) is 11.6 Å². The standard InChI is InChI=1S/C14H22N4O2S/c1-9(2)11-7-12(17-14-15-5-6-16-14)10(3)13(8-11)18-21(4,19)20/h7-9,18H,5-6H2,1-4H3,(H2,15,16,17). The zero-order valence-corrected chi connectivity index (χ0v) is 13.6. The van der Waals surface area contributed by atoms with Crippen LogP contribution < -0.4 is 15.4 Å². The van der Waals surface area contributed by atoms with Crippen LogP contribution in [0.2, 0.25) is 0 Å². The molecule has 1 aromatic rings. The van der Waals surface area contributed by atoms with Crippen molar-refractivity contribution < 1.29 is 8.42 Å². The molecule has 1 aromatic carbocycles. The van der Waals surface area contributed by atoms with Crippen molar-refractivity contribution in [2.24, 2.45) is 4.99 Å². The molecule has 1 heterocycles. The minimum atomic E-state index is -3.31. The number of rotatable bonds is 4. The van der Waals surface area contributed by atoms with Crippen molar-refractivity contribution in [3.8, 4) is 0 Å².